The third kappa shape index (κ3) is 3.61. The largest absolute Gasteiger partial charge is 0.573 e. The van der Waals surface area contributed by atoms with Crippen LogP contribution in [0, 0.1) is 0 Å². The first-order chi connectivity index (χ1) is 8.98. The average Bonchev–Trinajstić information content (AvgIpc) is 2.38. The van der Waals surface area contributed by atoms with E-state index in [2.05, 4.69) is 11.3 Å². The second-order valence-corrected chi connectivity index (χ2v) is 3.90. The van der Waals surface area contributed by atoms with Crippen LogP contribution in [0.15, 0.2) is 55.1 Å². The van der Waals surface area contributed by atoms with Crippen LogP contribution in [0.2, 0.25) is 0 Å². The molecule has 0 fully saturated rings. The lowest BCUT2D eigenvalue weighted by Crippen LogP contribution is -2.16. The number of benzene rings is 2. The summed E-state index contributed by atoms with van der Waals surface area (Å²) >= 11 is 0. The van der Waals surface area contributed by atoms with Gasteiger partial charge in [-0.3, -0.25) is 0 Å². The Morgan fingerprint density at radius 1 is 0.842 bits per heavy atom. The van der Waals surface area contributed by atoms with Crippen LogP contribution in [-0.4, -0.2) is 6.36 Å². The van der Waals surface area contributed by atoms with E-state index in [0.29, 0.717) is 0 Å². The van der Waals surface area contributed by atoms with E-state index in [4.69, 9.17) is 0 Å². The predicted octanol–water partition coefficient (Wildman–Crippen LogP) is 4.90. The Morgan fingerprint density at radius 2 is 1.32 bits per heavy atom. The van der Waals surface area contributed by atoms with Crippen molar-refractivity contribution < 1.29 is 17.9 Å². The average molecular weight is 264 g/mol. The fourth-order valence-corrected chi connectivity index (χ4v) is 1.66. The van der Waals surface area contributed by atoms with E-state index in [1.54, 1.807) is 18.2 Å². The maximum atomic E-state index is 12.0. The highest BCUT2D eigenvalue weighted by atomic mass is 19.4. The third-order valence-corrected chi connectivity index (χ3v) is 2.57. The smallest absolute Gasteiger partial charge is 0.406 e. The molecular formula is C15H11F3O. The summed E-state index contributed by atoms with van der Waals surface area (Å²) < 4.78 is 39.9. The maximum Gasteiger partial charge on any atom is 0.573 e. The first kappa shape index (κ1) is 13.2. The Balaban J connectivity index is 2.19. The summed E-state index contributed by atoms with van der Waals surface area (Å²) in [7, 11) is 0. The van der Waals surface area contributed by atoms with Crippen molar-refractivity contribution in [3.63, 3.8) is 0 Å². The van der Waals surface area contributed by atoms with Crippen LogP contribution in [0.25, 0.3) is 17.2 Å². The molecule has 0 atom stereocenters. The second-order valence-electron chi connectivity index (χ2n) is 3.90. The van der Waals surface area contributed by atoms with Gasteiger partial charge in [-0.1, -0.05) is 49.1 Å². The fraction of sp³-hybridized carbons (Fsp3) is 0.0667. The molecule has 2 rings (SSSR count). The molecule has 19 heavy (non-hydrogen) atoms. The van der Waals surface area contributed by atoms with Gasteiger partial charge < -0.3 is 4.74 Å². The van der Waals surface area contributed by atoms with Crippen molar-refractivity contribution in [3.8, 4) is 16.9 Å². The first-order valence-corrected chi connectivity index (χ1v) is 5.56. The quantitative estimate of drug-likeness (QED) is 0.766. The molecule has 0 aromatic heterocycles. The Kier molecular flexibility index (Phi) is 3.60. The molecule has 0 amide bonds. The van der Waals surface area contributed by atoms with Crippen molar-refractivity contribution in [2.75, 3.05) is 0 Å². The molecule has 2 aromatic carbocycles. The lowest BCUT2D eigenvalue weighted by Gasteiger charge is -2.09. The summed E-state index contributed by atoms with van der Waals surface area (Å²) in [6, 6.07) is 13.3. The number of ether oxygens (including phenoxy) is 1. The van der Waals surface area contributed by atoms with Crippen LogP contribution in [-0.2, 0) is 0 Å². The molecule has 98 valence electrons. The van der Waals surface area contributed by atoms with E-state index in [1.807, 2.05) is 24.3 Å². The van der Waals surface area contributed by atoms with Gasteiger partial charge >= 0.3 is 6.36 Å². The first-order valence-electron chi connectivity index (χ1n) is 5.56. The molecule has 0 bridgehead atoms. The van der Waals surface area contributed by atoms with Crippen LogP contribution < -0.4 is 4.74 Å². The number of rotatable bonds is 3. The Hall–Kier alpha value is -2.23. The van der Waals surface area contributed by atoms with Crippen molar-refractivity contribution in [3.05, 3.63) is 60.7 Å². The zero-order chi connectivity index (χ0) is 13.9. The molecule has 0 radical (unpaired) electrons. The third-order valence-electron chi connectivity index (χ3n) is 2.57. The molecule has 0 unspecified atom stereocenters. The summed E-state index contributed by atoms with van der Waals surface area (Å²) in [5, 5.41) is 0. The van der Waals surface area contributed by atoms with Crippen molar-refractivity contribution in [1.29, 1.82) is 0 Å². The summed E-state index contributed by atoms with van der Waals surface area (Å²) in [5.74, 6) is -0.223. The SMILES string of the molecule is C=Cc1ccc(-c2ccc(OC(F)(F)F)cc2)cc1. The fourth-order valence-electron chi connectivity index (χ4n) is 1.66. The molecule has 0 saturated carbocycles. The van der Waals surface area contributed by atoms with E-state index >= 15 is 0 Å². The van der Waals surface area contributed by atoms with Gasteiger partial charge in [0.1, 0.15) is 5.75 Å². The van der Waals surface area contributed by atoms with Crippen molar-refractivity contribution >= 4 is 6.08 Å². The van der Waals surface area contributed by atoms with E-state index in [9.17, 15) is 13.2 Å². The Morgan fingerprint density at radius 3 is 1.74 bits per heavy atom. The van der Waals surface area contributed by atoms with Crippen LogP contribution in [0.1, 0.15) is 5.56 Å². The Labute approximate surface area is 109 Å². The van der Waals surface area contributed by atoms with Crippen molar-refractivity contribution in [2.24, 2.45) is 0 Å². The lowest BCUT2D eigenvalue weighted by molar-refractivity contribution is -0.274. The number of alkyl halides is 3. The molecule has 0 spiro atoms. The molecule has 4 heteroatoms. The lowest BCUT2D eigenvalue weighted by atomic mass is 10.0. The van der Waals surface area contributed by atoms with Crippen LogP contribution >= 0.6 is 0 Å². The molecule has 1 nitrogen and oxygen atoms in total. The summed E-state index contributed by atoms with van der Waals surface area (Å²) in [4.78, 5) is 0. The van der Waals surface area contributed by atoms with Gasteiger partial charge in [-0.25, -0.2) is 0 Å². The summed E-state index contributed by atoms with van der Waals surface area (Å²) in [6.45, 7) is 3.66. The summed E-state index contributed by atoms with van der Waals surface area (Å²) in [5.41, 5.74) is 2.73. The zero-order valence-corrected chi connectivity index (χ0v) is 9.95. The molecule has 0 N–H and O–H groups in total. The van der Waals surface area contributed by atoms with Crippen molar-refractivity contribution in [1.82, 2.24) is 0 Å². The van der Waals surface area contributed by atoms with Gasteiger partial charge in [-0.05, 0) is 28.8 Å². The highest BCUT2D eigenvalue weighted by Gasteiger charge is 2.30. The minimum Gasteiger partial charge on any atom is -0.406 e. The highest BCUT2D eigenvalue weighted by Crippen LogP contribution is 2.26. The van der Waals surface area contributed by atoms with Crippen LogP contribution in [0.5, 0.6) is 5.75 Å². The van der Waals surface area contributed by atoms with Crippen molar-refractivity contribution in [2.45, 2.75) is 6.36 Å². The van der Waals surface area contributed by atoms with Gasteiger partial charge in [0.15, 0.2) is 0 Å². The number of hydrogen-bond donors (Lipinski definition) is 0. The summed E-state index contributed by atoms with van der Waals surface area (Å²) in [6.07, 6.45) is -2.93. The molecular weight excluding hydrogens is 253 g/mol. The normalized spacial score (nSPS) is 11.1. The van der Waals surface area contributed by atoms with Crippen LogP contribution in [0.4, 0.5) is 13.2 Å². The number of hydrogen-bond acceptors (Lipinski definition) is 1. The van der Waals surface area contributed by atoms with Gasteiger partial charge in [-0.15, -0.1) is 13.2 Å². The molecule has 0 aliphatic carbocycles. The maximum absolute atomic E-state index is 12.0. The van der Waals surface area contributed by atoms with Gasteiger partial charge in [0.05, 0.1) is 0 Å². The zero-order valence-electron chi connectivity index (χ0n) is 9.95. The predicted molar refractivity (Wildman–Crippen MR) is 68.7 cm³/mol. The van der Waals surface area contributed by atoms with Gasteiger partial charge in [0.25, 0.3) is 0 Å². The molecule has 0 aliphatic heterocycles. The number of halogens is 3. The highest BCUT2D eigenvalue weighted by molar-refractivity contribution is 5.66. The van der Waals surface area contributed by atoms with Gasteiger partial charge in [-0.2, -0.15) is 0 Å². The second kappa shape index (κ2) is 5.18. The van der Waals surface area contributed by atoms with Gasteiger partial charge in [0, 0.05) is 0 Å². The molecule has 0 heterocycles. The minimum absolute atomic E-state index is 0.223. The van der Waals surface area contributed by atoms with E-state index in [1.165, 1.54) is 12.1 Å². The monoisotopic (exact) mass is 264 g/mol. The Bertz CT molecular complexity index is 553. The van der Waals surface area contributed by atoms with Crippen LogP contribution in [0.3, 0.4) is 0 Å². The van der Waals surface area contributed by atoms with E-state index in [-0.39, 0.29) is 5.75 Å². The van der Waals surface area contributed by atoms with E-state index < -0.39 is 6.36 Å². The van der Waals surface area contributed by atoms with E-state index in [0.717, 1.165) is 16.7 Å². The minimum atomic E-state index is -4.66. The molecule has 0 saturated heterocycles. The molecule has 0 aliphatic rings. The standard InChI is InChI=1S/C15H11F3O/c1-2-11-3-5-12(6-4-11)13-7-9-14(10-8-13)19-15(16,17)18/h2-10H,1H2. The topological polar surface area (TPSA) is 9.23 Å². The molecule has 2 aromatic rings. The van der Waals surface area contributed by atoms with Gasteiger partial charge in [0.2, 0.25) is 0 Å².